The lowest BCUT2D eigenvalue weighted by atomic mass is 10.0. The lowest BCUT2D eigenvalue weighted by molar-refractivity contribution is 0.0979. The highest BCUT2D eigenvalue weighted by Crippen LogP contribution is 2.31. The molecule has 0 atom stereocenters. The highest BCUT2D eigenvalue weighted by atomic mass is 16.4. The van der Waals surface area contributed by atoms with Crippen LogP contribution < -0.4 is 20.4 Å². The van der Waals surface area contributed by atoms with E-state index in [0.29, 0.717) is 36.1 Å². The predicted molar refractivity (Wildman–Crippen MR) is 165 cm³/mol. The number of nitrogens with one attached hydrogen (secondary N) is 2. The number of oxazole rings is 1. The number of hydrogen-bond acceptors (Lipinski definition) is 9. The number of amides is 1. The summed E-state index contributed by atoms with van der Waals surface area (Å²) in [7, 11) is 2.16. The molecular formula is C32H32N8O2. The van der Waals surface area contributed by atoms with Crippen molar-refractivity contribution in [2.75, 3.05) is 60.2 Å². The van der Waals surface area contributed by atoms with Gasteiger partial charge in [-0.3, -0.25) is 4.79 Å². The molecule has 42 heavy (non-hydrogen) atoms. The van der Waals surface area contributed by atoms with E-state index in [1.165, 1.54) is 5.69 Å². The van der Waals surface area contributed by atoms with Gasteiger partial charge in [0.25, 0.3) is 11.9 Å². The van der Waals surface area contributed by atoms with E-state index in [-0.39, 0.29) is 5.91 Å². The van der Waals surface area contributed by atoms with Crippen LogP contribution >= 0.6 is 0 Å². The van der Waals surface area contributed by atoms with Gasteiger partial charge in [-0.25, -0.2) is 9.97 Å². The van der Waals surface area contributed by atoms with Crippen molar-refractivity contribution in [2.45, 2.75) is 13.3 Å². The van der Waals surface area contributed by atoms with Gasteiger partial charge in [0.05, 0.1) is 11.3 Å². The number of para-hydroxylation sites is 2. The first-order valence-corrected chi connectivity index (χ1v) is 14.2. The summed E-state index contributed by atoms with van der Waals surface area (Å²) >= 11 is 0. The van der Waals surface area contributed by atoms with E-state index in [1.54, 1.807) is 11.1 Å². The van der Waals surface area contributed by atoms with Crippen LogP contribution in [0.4, 0.5) is 34.7 Å². The first-order valence-electron chi connectivity index (χ1n) is 14.2. The standard InChI is InChI=1S/C32H32N8O2/c1-21-7-8-23(35-32-37-27-5-3-4-6-29(27)42-32)19-28(21)40-14-13-26-25(30(40)41)20-33-31(36-26)34-22-9-11-24(12-10-22)39-17-15-38(2)16-18-39/h3-12,19-20H,13-18H2,1-2H3,(H,35,37)(H,33,34,36). The minimum atomic E-state index is -0.110. The van der Waals surface area contributed by atoms with Crippen molar-refractivity contribution in [3.63, 3.8) is 0 Å². The van der Waals surface area contributed by atoms with Gasteiger partial charge in [-0.15, -0.1) is 0 Å². The van der Waals surface area contributed by atoms with Crippen LogP contribution in [-0.2, 0) is 6.42 Å². The van der Waals surface area contributed by atoms with Crippen LogP contribution in [0.3, 0.4) is 0 Å². The van der Waals surface area contributed by atoms with Gasteiger partial charge < -0.3 is 29.8 Å². The summed E-state index contributed by atoms with van der Waals surface area (Å²) in [5.74, 6) is 0.379. The second-order valence-corrected chi connectivity index (χ2v) is 10.8. The van der Waals surface area contributed by atoms with E-state index < -0.39 is 0 Å². The molecule has 7 rings (SSSR count). The number of rotatable bonds is 6. The largest absolute Gasteiger partial charge is 0.423 e. The molecule has 2 aliphatic rings. The van der Waals surface area contributed by atoms with Crippen LogP contribution in [0.5, 0.6) is 0 Å². The summed E-state index contributed by atoms with van der Waals surface area (Å²) in [6.07, 6.45) is 2.26. The number of carbonyl (C=O) groups is 1. The van der Waals surface area contributed by atoms with Gasteiger partial charge in [-0.1, -0.05) is 18.2 Å². The minimum Gasteiger partial charge on any atom is -0.423 e. The average Bonchev–Trinajstić information content (AvgIpc) is 3.42. The monoisotopic (exact) mass is 560 g/mol. The molecule has 0 spiro atoms. The zero-order valence-corrected chi connectivity index (χ0v) is 23.7. The fraction of sp³-hybridized carbons (Fsp3) is 0.250. The van der Waals surface area contributed by atoms with Crippen molar-refractivity contribution < 1.29 is 9.21 Å². The molecule has 0 unspecified atom stereocenters. The molecule has 1 saturated heterocycles. The summed E-state index contributed by atoms with van der Waals surface area (Å²) < 4.78 is 5.82. The summed E-state index contributed by atoms with van der Waals surface area (Å²) in [6, 6.07) is 22.3. The SMILES string of the molecule is Cc1ccc(Nc2nc3ccccc3o2)cc1N1CCc2nc(Nc3ccc(N4CCN(C)CC4)cc3)ncc2C1=O. The van der Waals surface area contributed by atoms with Crippen LogP contribution in [-0.4, -0.2) is 65.5 Å². The molecule has 1 amide bonds. The number of aromatic nitrogens is 3. The summed E-state index contributed by atoms with van der Waals surface area (Å²) in [6.45, 7) is 6.72. The van der Waals surface area contributed by atoms with Crippen LogP contribution in [0.1, 0.15) is 21.6 Å². The van der Waals surface area contributed by atoms with Gasteiger partial charge in [-0.2, -0.15) is 4.98 Å². The zero-order valence-electron chi connectivity index (χ0n) is 23.7. The maximum absolute atomic E-state index is 13.6. The Bertz CT molecular complexity index is 1730. The van der Waals surface area contributed by atoms with Crippen LogP contribution in [0.2, 0.25) is 0 Å². The molecule has 2 N–H and O–H groups in total. The molecule has 212 valence electrons. The third-order valence-corrected chi connectivity index (χ3v) is 7.95. The predicted octanol–water partition coefficient (Wildman–Crippen LogP) is 5.37. The van der Waals surface area contributed by atoms with Crippen molar-refractivity contribution in [1.82, 2.24) is 19.9 Å². The molecule has 10 heteroatoms. The second-order valence-electron chi connectivity index (χ2n) is 10.8. The van der Waals surface area contributed by atoms with Gasteiger partial charge >= 0.3 is 0 Å². The van der Waals surface area contributed by atoms with Crippen LogP contribution in [0.15, 0.2) is 77.3 Å². The van der Waals surface area contributed by atoms with Gasteiger partial charge in [0.2, 0.25) is 5.95 Å². The molecule has 0 saturated carbocycles. The highest BCUT2D eigenvalue weighted by molar-refractivity contribution is 6.08. The van der Waals surface area contributed by atoms with Gasteiger partial charge in [0.15, 0.2) is 5.58 Å². The molecule has 10 nitrogen and oxygen atoms in total. The van der Waals surface area contributed by atoms with E-state index >= 15 is 0 Å². The van der Waals surface area contributed by atoms with E-state index in [9.17, 15) is 4.79 Å². The maximum atomic E-state index is 13.6. The van der Waals surface area contributed by atoms with Crippen molar-refractivity contribution in [1.29, 1.82) is 0 Å². The van der Waals surface area contributed by atoms with E-state index in [1.807, 2.05) is 61.5 Å². The zero-order chi connectivity index (χ0) is 28.6. The Morgan fingerprint density at radius 2 is 1.64 bits per heavy atom. The number of aryl methyl sites for hydroxylation is 1. The Morgan fingerprint density at radius 3 is 2.45 bits per heavy atom. The molecule has 2 aromatic heterocycles. The number of nitrogens with zero attached hydrogens (tertiary/aromatic N) is 6. The minimum absolute atomic E-state index is 0.110. The molecular weight excluding hydrogens is 528 g/mol. The number of piperazine rings is 1. The Hall–Kier alpha value is -4.96. The molecule has 5 aromatic rings. The Morgan fingerprint density at radius 1 is 0.857 bits per heavy atom. The summed E-state index contributed by atoms with van der Waals surface area (Å²) in [5.41, 5.74) is 7.51. The topological polar surface area (TPSA) is 103 Å². The molecule has 0 bridgehead atoms. The van der Waals surface area contributed by atoms with Crippen LogP contribution in [0.25, 0.3) is 11.1 Å². The number of anilines is 6. The first-order chi connectivity index (χ1) is 20.5. The molecule has 3 aromatic carbocycles. The van der Waals surface area contributed by atoms with E-state index in [4.69, 9.17) is 9.40 Å². The fourth-order valence-electron chi connectivity index (χ4n) is 5.52. The van der Waals surface area contributed by atoms with E-state index in [2.05, 4.69) is 49.6 Å². The van der Waals surface area contributed by atoms with Gasteiger partial charge in [0, 0.05) is 68.1 Å². The summed E-state index contributed by atoms with van der Waals surface area (Å²) in [4.78, 5) is 33.8. The lowest BCUT2D eigenvalue weighted by Gasteiger charge is -2.34. The smallest absolute Gasteiger partial charge is 0.300 e. The highest BCUT2D eigenvalue weighted by Gasteiger charge is 2.28. The van der Waals surface area contributed by atoms with Crippen LogP contribution in [0, 0.1) is 6.92 Å². The normalized spacial score (nSPS) is 15.6. The lowest BCUT2D eigenvalue weighted by Crippen LogP contribution is -2.44. The molecule has 1 fully saturated rings. The summed E-state index contributed by atoms with van der Waals surface area (Å²) in [5, 5.41) is 6.54. The molecule has 4 heterocycles. The number of fused-ring (bicyclic) bond motifs is 2. The third-order valence-electron chi connectivity index (χ3n) is 7.95. The number of likely N-dealkylation sites (N-methyl/N-ethyl adjacent to an activating group) is 1. The van der Waals surface area contributed by atoms with Crippen molar-refractivity contribution in [3.8, 4) is 0 Å². The number of carbonyl (C=O) groups excluding carboxylic acids is 1. The van der Waals surface area contributed by atoms with Crippen molar-refractivity contribution in [2.24, 2.45) is 0 Å². The first kappa shape index (κ1) is 26.0. The number of hydrogen-bond donors (Lipinski definition) is 2. The Labute approximate surface area is 244 Å². The quantitative estimate of drug-likeness (QED) is 0.284. The van der Waals surface area contributed by atoms with Crippen molar-refractivity contribution in [3.05, 3.63) is 89.7 Å². The number of benzene rings is 3. The van der Waals surface area contributed by atoms with E-state index in [0.717, 1.165) is 60.0 Å². The second kappa shape index (κ2) is 10.8. The van der Waals surface area contributed by atoms with Crippen molar-refractivity contribution >= 4 is 51.7 Å². The average molecular weight is 561 g/mol. The molecule has 2 aliphatic heterocycles. The third kappa shape index (κ3) is 5.12. The fourth-order valence-corrected chi connectivity index (χ4v) is 5.52. The van der Waals surface area contributed by atoms with Gasteiger partial charge in [0.1, 0.15) is 5.52 Å². The van der Waals surface area contributed by atoms with Gasteiger partial charge in [-0.05, 0) is 68.1 Å². The maximum Gasteiger partial charge on any atom is 0.300 e. The molecule has 0 aliphatic carbocycles. The molecule has 0 radical (unpaired) electrons. The Kier molecular flexibility index (Phi) is 6.67. The Balaban J connectivity index is 1.05.